The molecule has 0 fully saturated rings. The van der Waals surface area contributed by atoms with Crippen molar-refractivity contribution in [2.45, 2.75) is 60.3 Å². The molecule has 4 aromatic heterocycles. The van der Waals surface area contributed by atoms with E-state index in [9.17, 15) is 9.90 Å². The van der Waals surface area contributed by atoms with Crippen LogP contribution in [-0.2, 0) is 24.9 Å². The summed E-state index contributed by atoms with van der Waals surface area (Å²) >= 11 is 0. The zero-order valence-corrected chi connectivity index (χ0v) is 28.9. The van der Waals surface area contributed by atoms with Gasteiger partial charge in [0.15, 0.2) is 5.78 Å². The van der Waals surface area contributed by atoms with Gasteiger partial charge in [-0.2, -0.15) is 18.2 Å². The van der Waals surface area contributed by atoms with Crippen LogP contribution in [0.4, 0.5) is 0 Å². The van der Waals surface area contributed by atoms with E-state index in [2.05, 4.69) is 65.1 Å². The maximum Gasteiger partial charge on any atom is 0.162 e. The standard InChI is InChI=1S/C26H15N2O.C13H24O2.Ir/c1-15-23-19-9-5-8-18-20-14-17(16-6-3-2-4-7-16)10-11-21(20)28(25(18)19)26-24(23)22(29-15)12-13-27-26;1-5-10(6-2)12(14)9-13(15)11(7-3)8-4;/h2-10,12-14H,1H3;9-11,14H,5-8H2,1-4H3;/q-1;;/b;12-9-;. The molecule has 6 heteroatoms. The van der Waals surface area contributed by atoms with Crippen LogP contribution < -0.4 is 0 Å². The van der Waals surface area contributed by atoms with Crippen LogP contribution in [0.1, 0.15) is 59.1 Å². The predicted octanol–water partition coefficient (Wildman–Crippen LogP) is 10.6. The summed E-state index contributed by atoms with van der Waals surface area (Å²) in [6.07, 6.45) is 6.73. The largest absolute Gasteiger partial charge is 0.512 e. The molecule has 0 aliphatic heterocycles. The number of aryl methyl sites for hydroxylation is 1. The van der Waals surface area contributed by atoms with Gasteiger partial charge in [0.2, 0.25) is 0 Å². The predicted molar refractivity (Wildman–Crippen MR) is 182 cm³/mol. The Hall–Kier alpha value is -3.99. The van der Waals surface area contributed by atoms with E-state index in [0.717, 1.165) is 59.0 Å². The van der Waals surface area contributed by atoms with E-state index in [1.165, 1.54) is 38.9 Å². The summed E-state index contributed by atoms with van der Waals surface area (Å²) in [6.45, 7) is 10.1. The Morgan fingerprint density at radius 2 is 1.58 bits per heavy atom. The second-order valence-electron chi connectivity index (χ2n) is 11.6. The summed E-state index contributed by atoms with van der Waals surface area (Å²) in [4.78, 5) is 16.5. The molecule has 45 heavy (non-hydrogen) atoms. The number of furan rings is 1. The number of carbonyl (C=O) groups excluding carboxylic acids is 1. The molecular weight excluding hydrogens is 737 g/mol. The zero-order chi connectivity index (χ0) is 31.0. The number of fused-ring (bicyclic) bond motifs is 5. The molecule has 1 radical (unpaired) electrons. The summed E-state index contributed by atoms with van der Waals surface area (Å²) in [5.41, 5.74) is 6.41. The van der Waals surface area contributed by atoms with E-state index < -0.39 is 0 Å². The Bertz CT molecular complexity index is 2120. The summed E-state index contributed by atoms with van der Waals surface area (Å²) < 4.78 is 8.32. The number of aromatic nitrogens is 2. The minimum absolute atomic E-state index is 0. The van der Waals surface area contributed by atoms with Gasteiger partial charge in [-0.25, -0.2) is 4.98 Å². The molecule has 7 aromatic rings. The van der Waals surface area contributed by atoms with Crippen molar-refractivity contribution >= 4 is 55.0 Å². The molecule has 0 saturated carbocycles. The summed E-state index contributed by atoms with van der Waals surface area (Å²) in [7, 11) is 0. The zero-order valence-electron chi connectivity index (χ0n) is 26.5. The molecular formula is C39H39IrN2O3-. The maximum atomic E-state index is 11.7. The second kappa shape index (κ2) is 13.6. The van der Waals surface area contributed by atoms with Gasteiger partial charge >= 0.3 is 0 Å². The molecule has 1 N–H and O–H groups in total. The molecule has 0 bridgehead atoms. The molecule has 0 aliphatic rings. The number of hydrogen-bond acceptors (Lipinski definition) is 4. The van der Waals surface area contributed by atoms with Gasteiger partial charge in [-0.3, -0.25) is 4.79 Å². The average molecular weight is 776 g/mol. The van der Waals surface area contributed by atoms with Gasteiger partial charge in [-0.15, -0.1) is 10.9 Å². The van der Waals surface area contributed by atoms with Crippen LogP contribution in [0, 0.1) is 24.8 Å². The van der Waals surface area contributed by atoms with Crippen LogP contribution in [0.2, 0.25) is 0 Å². The van der Waals surface area contributed by atoms with Gasteiger partial charge in [-0.1, -0.05) is 87.3 Å². The Labute approximate surface area is 277 Å². The number of carbonyl (C=O) groups is 1. The van der Waals surface area contributed by atoms with E-state index in [0.29, 0.717) is 0 Å². The first-order valence-corrected chi connectivity index (χ1v) is 15.8. The number of benzene rings is 3. The van der Waals surface area contributed by atoms with Gasteiger partial charge in [-0.05, 0) is 44.1 Å². The molecule has 0 spiro atoms. The molecule has 0 aliphatic carbocycles. The first-order valence-electron chi connectivity index (χ1n) is 15.8. The van der Waals surface area contributed by atoms with E-state index in [4.69, 9.17) is 9.40 Å². The van der Waals surface area contributed by atoms with Crippen molar-refractivity contribution < 1.29 is 34.4 Å². The summed E-state index contributed by atoms with van der Waals surface area (Å²) in [5, 5.41) is 15.6. The molecule has 5 nitrogen and oxygen atoms in total. The monoisotopic (exact) mass is 776 g/mol. The number of para-hydroxylation sites is 1. The second-order valence-corrected chi connectivity index (χ2v) is 11.6. The number of rotatable bonds is 8. The molecule has 0 saturated heterocycles. The number of nitrogens with zero attached hydrogens (tertiary/aromatic N) is 2. The van der Waals surface area contributed by atoms with Crippen molar-refractivity contribution in [2.24, 2.45) is 11.8 Å². The van der Waals surface area contributed by atoms with Crippen molar-refractivity contribution in [3.8, 4) is 11.1 Å². The molecule has 3 aromatic carbocycles. The van der Waals surface area contributed by atoms with Gasteiger partial charge < -0.3 is 13.9 Å². The van der Waals surface area contributed by atoms with E-state index in [1.54, 1.807) is 0 Å². The number of aliphatic hydroxyl groups is 1. The van der Waals surface area contributed by atoms with Crippen molar-refractivity contribution in [1.29, 1.82) is 0 Å². The van der Waals surface area contributed by atoms with Crippen LogP contribution in [0.15, 0.2) is 89.2 Å². The van der Waals surface area contributed by atoms with Gasteiger partial charge in [0.1, 0.15) is 17.0 Å². The first-order chi connectivity index (χ1) is 21.4. The van der Waals surface area contributed by atoms with Crippen molar-refractivity contribution in [3.05, 3.63) is 96.6 Å². The smallest absolute Gasteiger partial charge is 0.162 e. The Kier molecular flexibility index (Phi) is 9.76. The Morgan fingerprint density at radius 3 is 2.27 bits per heavy atom. The summed E-state index contributed by atoms with van der Waals surface area (Å²) in [6, 6.07) is 26.8. The van der Waals surface area contributed by atoms with Crippen LogP contribution in [0.25, 0.3) is 60.3 Å². The minimum Gasteiger partial charge on any atom is -0.512 e. The summed E-state index contributed by atoms with van der Waals surface area (Å²) in [5.74, 6) is 1.48. The number of allylic oxidation sites excluding steroid dienone is 2. The van der Waals surface area contributed by atoms with Crippen molar-refractivity contribution in [2.75, 3.05) is 0 Å². The molecule has 7 rings (SSSR count). The maximum absolute atomic E-state index is 11.7. The molecule has 233 valence electrons. The van der Waals surface area contributed by atoms with E-state index in [-0.39, 0.29) is 43.5 Å². The third-order valence-electron chi connectivity index (χ3n) is 9.12. The number of ketones is 1. The molecule has 0 unspecified atom stereocenters. The SMILES string of the molecule is CCC(CC)C(=O)/C=C(\O)C(CC)CC.Cc1oc2ccnc3c2c1c1cccc2c4cc(-c5ccccc5)c[c-]c4n3c21.[Ir]. The number of aliphatic hydroxyl groups excluding tert-OH is 1. The molecule has 0 amide bonds. The quantitative estimate of drug-likeness (QED) is 0.0723. The fourth-order valence-electron chi connectivity index (χ4n) is 6.62. The minimum atomic E-state index is 0. The van der Waals surface area contributed by atoms with E-state index >= 15 is 0 Å². The number of hydrogen-bond donors (Lipinski definition) is 1. The molecule has 4 heterocycles. The van der Waals surface area contributed by atoms with Crippen molar-refractivity contribution in [3.63, 3.8) is 0 Å². The third kappa shape index (κ3) is 5.67. The van der Waals surface area contributed by atoms with Crippen molar-refractivity contribution in [1.82, 2.24) is 9.38 Å². The average Bonchev–Trinajstić information content (AvgIpc) is 3.57. The van der Waals surface area contributed by atoms with Crippen LogP contribution >= 0.6 is 0 Å². The topological polar surface area (TPSA) is 67.7 Å². The van der Waals surface area contributed by atoms with Gasteiger partial charge in [0.25, 0.3) is 0 Å². The van der Waals surface area contributed by atoms with Crippen LogP contribution in [0.5, 0.6) is 0 Å². The Morgan fingerprint density at radius 1 is 0.889 bits per heavy atom. The number of pyridine rings is 2. The third-order valence-corrected chi connectivity index (χ3v) is 9.12. The fourth-order valence-corrected chi connectivity index (χ4v) is 6.62. The van der Waals surface area contributed by atoms with Crippen LogP contribution in [0.3, 0.4) is 0 Å². The van der Waals surface area contributed by atoms with Crippen LogP contribution in [-0.4, -0.2) is 20.3 Å². The van der Waals surface area contributed by atoms with Gasteiger partial charge in [0, 0.05) is 60.5 Å². The first kappa shape index (κ1) is 32.4. The van der Waals surface area contributed by atoms with E-state index in [1.807, 2.05) is 52.9 Å². The molecule has 0 atom stereocenters. The van der Waals surface area contributed by atoms with Gasteiger partial charge in [0.05, 0.1) is 11.1 Å². The fraction of sp³-hybridized carbons (Fsp3) is 0.282. The normalized spacial score (nSPS) is 12.1. The Balaban J connectivity index is 0.000000217.